The predicted molar refractivity (Wildman–Crippen MR) is 142 cm³/mol. The number of benzene rings is 1. The van der Waals surface area contributed by atoms with Crippen molar-refractivity contribution >= 4 is 11.9 Å². The minimum atomic E-state index is -0.959. The third-order valence-electron chi connectivity index (χ3n) is 4.83. The van der Waals surface area contributed by atoms with Gasteiger partial charge in [0.05, 0.1) is 0 Å². The average molecular weight is 470 g/mol. The number of carboxylic acids is 2. The van der Waals surface area contributed by atoms with Gasteiger partial charge >= 0.3 is 11.9 Å². The Balaban J connectivity index is 0.000000757. The van der Waals surface area contributed by atoms with Crippen LogP contribution in [-0.2, 0) is 16.0 Å². The molecule has 0 aliphatic carbocycles. The van der Waals surface area contributed by atoms with Gasteiger partial charge in [-0.25, -0.2) is 0 Å². The summed E-state index contributed by atoms with van der Waals surface area (Å²) in [5.74, 6) is -1.67. The van der Waals surface area contributed by atoms with Gasteiger partial charge in [0.25, 0.3) is 0 Å². The number of carbonyl (C=O) groups is 2. The lowest BCUT2D eigenvalue weighted by atomic mass is 10.1. The number of allylic oxidation sites excluding steroid dienone is 8. The van der Waals surface area contributed by atoms with Gasteiger partial charge in [0.2, 0.25) is 0 Å². The second-order valence-corrected chi connectivity index (χ2v) is 8.01. The number of hydrogen-bond donors (Lipinski definition) is 3. The van der Waals surface area contributed by atoms with Crippen molar-refractivity contribution in [3.05, 3.63) is 84.5 Å². The maximum atomic E-state index is 10.4. The van der Waals surface area contributed by atoms with E-state index in [-0.39, 0.29) is 6.42 Å². The highest BCUT2D eigenvalue weighted by atomic mass is 16.4. The van der Waals surface area contributed by atoms with Gasteiger partial charge in [-0.1, -0.05) is 98.7 Å². The van der Waals surface area contributed by atoms with Crippen LogP contribution in [0.3, 0.4) is 0 Å². The van der Waals surface area contributed by atoms with Gasteiger partial charge in [-0.05, 0) is 56.9 Å². The first-order valence-electron chi connectivity index (χ1n) is 12.3. The summed E-state index contributed by atoms with van der Waals surface area (Å²) in [4.78, 5) is 20.7. The summed E-state index contributed by atoms with van der Waals surface area (Å²) in [6.07, 6.45) is 27.7. The SMILES string of the molecule is CCCCC/C=C\C/C=C\C/C=C\C/C=C\CCCC(=O)O.N[C@@H](Cc1ccccc1)C(=O)O. The Bertz CT molecular complexity index is 751. The quantitative estimate of drug-likeness (QED) is 0.171. The minimum absolute atomic E-state index is 0.262. The van der Waals surface area contributed by atoms with Crippen LogP contribution in [0.5, 0.6) is 0 Å². The van der Waals surface area contributed by atoms with Crippen LogP contribution in [0.1, 0.15) is 76.7 Å². The smallest absolute Gasteiger partial charge is 0.320 e. The number of unbranched alkanes of at least 4 members (excludes halogenated alkanes) is 4. The van der Waals surface area contributed by atoms with Gasteiger partial charge in [-0.2, -0.15) is 0 Å². The molecule has 0 spiro atoms. The summed E-state index contributed by atoms with van der Waals surface area (Å²) in [5.41, 5.74) is 6.30. The molecule has 5 heteroatoms. The highest BCUT2D eigenvalue weighted by Gasteiger charge is 2.10. The Morgan fingerprint density at radius 3 is 1.76 bits per heavy atom. The summed E-state index contributed by atoms with van der Waals surface area (Å²) in [7, 11) is 0. The van der Waals surface area contributed by atoms with E-state index in [1.165, 1.54) is 25.7 Å². The van der Waals surface area contributed by atoms with E-state index < -0.39 is 18.0 Å². The molecule has 0 radical (unpaired) electrons. The average Bonchev–Trinajstić information content (AvgIpc) is 2.82. The van der Waals surface area contributed by atoms with Gasteiger partial charge in [0.1, 0.15) is 6.04 Å². The van der Waals surface area contributed by atoms with E-state index in [9.17, 15) is 9.59 Å². The number of rotatable bonds is 17. The molecule has 0 bridgehead atoms. The molecular formula is C29H43NO4. The van der Waals surface area contributed by atoms with Crippen LogP contribution in [0.2, 0.25) is 0 Å². The first-order chi connectivity index (χ1) is 16.5. The van der Waals surface area contributed by atoms with Crippen molar-refractivity contribution in [3.63, 3.8) is 0 Å². The van der Waals surface area contributed by atoms with E-state index in [4.69, 9.17) is 15.9 Å². The van der Waals surface area contributed by atoms with Crippen LogP contribution in [0, 0.1) is 0 Å². The molecule has 1 aromatic rings. The summed E-state index contributed by atoms with van der Waals surface area (Å²) in [6.45, 7) is 2.23. The molecule has 0 saturated carbocycles. The third-order valence-corrected chi connectivity index (χ3v) is 4.83. The van der Waals surface area contributed by atoms with E-state index in [1.54, 1.807) is 0 Å². The summed E-state index contributed by atoms with van der Waals surface area (Å²) in [6, 6.07) is 8.54. The van der Waals surface area contributed by atoms with Crippen LogP contribution in [0.15, 0.2) is 78.9 Å². The lowest BCUT2D eigenvalue weighted by Crippen LogP contribution is -2.32. The summed E-state index contributed by atoms with van der Waals surface area (Å²) < 4.78 is 0. The van der Waals surface area contributed by atoms with E-state index in [0.29, 0.717) is 6.42 Å². The van der Waals surface area contributed by atoms with Crippen molar-refractivity contribution in [2.45, 2.75) is 83.6 Å². The number of aliphatic carboxylic acids is 2. The van der Waals surface area contributed by atoms with E-state index in [0.717, 1.165) is 37.7 Å². The first kappa shape index (κ1) is 31.1. The van der Waals surface area contributed by atoms with Crippen molar-refractivity contribution in [2.75, 3.05) is 0 Å². The monoisotopic (exact) mass is 469 g/mol. The maximum absolute atomic E-state index is 10.4. The third kappa shape index (κ3) is 22.3. The Labute approximate surface area is 205 Å². The van der Waals surface area contributed by atoms with Gasteiger partial charge in [0, 0.05) is 6.42 Å². The lowest BCUT2D eigenvalue weighted by molar-refractivity contribution is -0.139. The topological polar surface area (TPSA) is 101 Å². The molecule has 1 aromatic carbocycles. The van der Waals surface area contributed by atoms with E-state index in [1.807, 2.05) is 30.3 Å². The molecule has 0 aromatic heterocycles. The van der Waals surface area contributed by atoms with Gasteiger partial charge < -0.3 is 15.9 Å². The van der Waals surface area contributed by atoms with Crippen LogP contribution in [-0.4, -0.2) is 28.2 Å². The fourth-order valence-corrected chi connectivity index (χ4v) is 2.89. The summed E-state index contributed by atoms with van der Waals surface area (Å²) >= 11 is 0. The molecule has 1 atom stereocenters. The molecule has 0 aliphatic rings. The molecule has 34 heavy (non-hydrogen) atoms. The molecule has 4 N–H and O–H groups in total. The number of nitrogens with two attached hydrogens (primary N) is 1. The summed E-state index contributed by atoms with van der Waals surface area (Å²) in [5, 5.41) is 17.0. The lowest BCUT2D eigenvalue weighted by Gasteiger charge is -2.04. The standard InChI is InChI=1S/C20H32O2.C9H11NO2/c1-2-3-4-5-6-7-8-9-10-11-12-13-14-15-16-17-18-19-20(21)22;10-8(9(11)12)6-7-4-2-1-3-5-7/h6-7,9-10,12-13,15-16H,2-5,8,11,14,17-19H2,1H3,(H,21,22);1-5,8H,6,10H2,(H,11,12)/b7-6-,10-9-,13-12-,16-15-;/t;8-/m.0/s1. The van der Waals surface area contributed by atoms with Crippen molar-refractivity contribution < 1.29 is 19.8 Å². The van der Waals surface area contributed by atoms with Crippen LogP contribution in [0.4, 0.5) is 0 Å². The molecule has 0 saturated heterocycles. The van der Waals surface area contributed by atoms with Crippen molar-refractivity contribution in [1.29, 1.82) is 0 Å². The largest absolute Gasteiger partial charge is 0.481 e. The highest BCUT2D eigenvalue weighted by molar-refractivity contribution is 5.73. The van der Waals surface area contributed by atoms with Crippen LogP contribution < -0.4 is 5.73 Å². The Morgan fingerprint density at radius 2 is 1.29 bits per heavy atom. The van der Waals surface area contributed by atoms with E-state index in [2.05, 4.69) is 55.5 Å². The molecular weight excluding hydrogens is 426 g/mol. The molecule has 0 heterocycles. The van der Waals surface area contributed by atoms with E-state index >= 15 is 0 Å². The minimum Gasteiger partial charge on any atom is -0.481 e. The van der Waals surface area contributed by atoms with Gasteiger partial charge in [-0.15, -0.1) is 0 Å². The van der Waals surface area contributed by atoms with Gasteiger partial charge in [0.15, 0.2) is 0 Å². The second-order valence-electron chi connectivity index (χ2n) is 8.01. The normalized spacial score (nSPS) is 12.4. The zero-order valence-corrected chi connectivity index (χ0v) is 20.6. The van der Waals surface area contributed by atoms with Crippen molar-refractivity contribution in [2.24, 2.45) is 5.73 Å². The second kappa shape index (κ2) is 23.2. The molecule has 188 valence electrons. The Kier molecular flexibility index (Phi) is 21.2. The fraction of sp³-hybridized carbons (Fsp3) is 0.448. The van der Waals surface area contributed by atoms with Crippen LogP contribution in [0.25, 0.3) is 0 Å². The molecule has 0 unspecified atom stereocenters. The maximum Gasteiger partial charge on any atom is 0.320 e. The molecule has 0 aliphatic heterocycles. The number of hydrogen-bond acceptors (Lipinski definition) is 3. The van der Waals surface area contributed by atoms with Crippen molar-refractivity contribution in [1.82, 2.24) is 0 Å². The molecule has 5 nitrogen and oxygen atoms in total. The highest BCUT2D eigenvalue weighted by Crippen LogP contribution is 2.02. The Morgan fingerprint density at radius 1 is 0.794 bits per heavy atom. The first-order valence-corrected chi connectivity index (χ1v) is 12.3. The zero-order chi connectivity index (χ0) is 25.3. The fourth-order valence-electron chi connectivity index (χ4n) is 2.89. The molecule has 0 fully saturated rings. The van der Waals surface area contributed by atoms with Gasteiger partial charge in [-0.3, -0.25) is 9.59 Å². The van der Waals surface area contributed by atoms with Crippen molar-refractivity contribution in [3.8, 4) is 0 Å². The number of carboxylic acid groups (broad SMARTS) is 2. The molecule has 0 amide bonds. The van der Waals surface area contributed by atoms with Crippen LogP contribution >= 0.6 is 0 Å². The predicted octanol–water partition coefficient (Wildman–Crippen LogP) is 6.86. The zero-order valence-electron chi connectivity index (χ0n) is 20.6. The Hall–Kier alpha value is -2.92. The molecule has 1 rings (SSSR count).